The van der Waals surface area contributed by atoms with Crippen molar-refractivity contribution in [2.45, 2.75) is 58.3 Å². The standard InChI is InChI=1S/C12H22/c1-2-3-5-10-8-9-11-6-4-7-12(10)11/h10-12H,2-9H2,1H3/t10-,11?,12?/m1/s1. The van der Waals surface area contributed by atoms with Crippen molar-refractivity contribution in [3.05, 3.63) is 0 Å². The molecule has 12 heavy (non-hydrogen) atoms. The Morgan fingerprint density at radius 3 is 2.83 bits per heavy atom. The third kappa shape index (κ3) is 1.53. The largest absolute Gasteiger partial charge is 0.0654 e. The first-order chi connectivity index (χ1) is 5.92. The van der Waals surface area contributed by atoms with Crippen LogP contribution in [0.25, 0.3) is 0 Å². The lowest BCUT2D eigenvalue weighted by Crippen LogP contribution is -2.08. The average molecular weight is 166 g/mol. The summed E-state index contributed by atoms with van der Waals surface area (Å²) < 4.78 is 0. The van der Waals surface area contributed by atoms with Crippen LogP contribution in [0.4, 0.5) is 0 Å². The highest BCUT2D eigenvalue weighted by atomic mass is 14.4. The Labute approximate surface area is 76.7 Å². The third-order valence-corrected chi connectivity index (χ3v) is 4.16. The second-order valence-electron chi connectivity index (χ2n) is 4.83. The zero-order valence-electron chi connectivity index (χ0n) is 8.39. The van der Waals surface area contributed by atoms with Crippen molar-refractivity contribution in [2.75, 3.05) is 0 Å². The average Bonchev–Trinajstić information content (AvgIpc) is 2.62. The normalized spacial score (nSPS) is 40.2. The van der Waals surface area contributed by atoms with E-state index < -0.39 is 0 Å². The first-order valence-electron chi connectivity index (χ1n) is 5.92. The number of hydrogen-bond donors (Lipinski definition) is 0. The molecule has 2 aliphatic carbocycles. The van der Waals surface area contributed by atoms with Gasteiger partial charge in [-0.15, -0.1) is 0 Å². The number of unbranched alkanes of at least 4 members (excludes halogenated alkanes) is 1. The maximum absolute atomic E-state index is 2.32. The van der Waals surface area contributed by atoms with Gasteiger partial charge >= 0.3 is 0 Å². The van der Waals surface area contributed by atoms with Crippen LogP contribution in [-0.2, 0) is 0 Å². The lowest BCUT2D eigenvalue weighted by atomic mass is 9.88. The van der Waals surface area contributed by atoms with Crippen LogP contribution in [0.5, 0.6) is 0 Å². The van der Waals surface area contributed by atoms with Crippen LogP contribution < -0.4 is 0 Å². The van der Waals surface area contributed by atoms with E-state index in [0.717, 1.165) is 17.8 Å². The number of rotatable bonds is 3. The zero-order valence-corrected chi connectivity index (χ0v) is 8.39. The van der Waals surface area contributed by atoms with Gasteiger partial charge in [-0.2, -0.15) is 0 Å². The maximum Gasteiger partial charge on any atom is -0.0357 e. The minimum absolute atomic E-state index is 1.14. The van der Waals surface area contributed by atoms with Crippen molar-refractivity contribution >= 4 is 0 Å². The molecule has 70 valence electrons. The summed E-state index contributed by atoms with van der Waals surface area (Å²) >= 11 is 0. The van der Waals surface area contributed by atoms with Crippen LogP contribution in [0.3, 0.4) is 0 Å². The fourth-order valence-corrected chi connectivity index (χ4v) is 3.51. The second kappa shape index (κ2) is 3.81. The third-order valence-electron chi connectivity index (χ3n) is 4.16. The molecule has 0 aliphatic heterocycles. The molecule has 0 amide bonds. The molecule has 0 spiro atoms. The van der Waals surface area contributed by atoms with Gasteiger partial charge in [-0.1, -0.05) is 39.0 Å². The molecule has 2 rings (SSSR count). The molecule has 0 bridgehead atoms. The first kappa shape index (κ1) is 8.59. The van der Waals surface area contributed by atoms with Gasteiger partial charge in [-0.3, -0.25) is 0 Å². The minimum atomic E-state index is 1.14. The van der Waals surface area contributed by atoms with Gasteiger partial charge in [0.2, 0.25) is 0 Å². The molecule has 0 saturated heterocycles. The summed E-state index contributed by atoms with van der Waals surface area (Å²) in [5.41, 5.74) is 0. The molecule has 2 saturated carbocycles. The Morgan fingerprint density at radius 2 is 2.00 bits per heavy atom. The summed E-state index contributed by atoms with van der Waals surface area (Å²) in [6.07, 6.45) is 12.2. The molecule has 0 N–H and O–H groups in total. The molecule has 0 aromatic carbocycles. The number of fused-ring (bicyclic) bond motifs is 1. The van der Waals surface area contributed by atoms with Gasteiger partial charge in [0.05, 0.1) is 0 Å². The van der Waals surface area contributed by atoms with Gasteiger partial charge in [0.25, 0.3) is 0 Å². The van der Waals surface area contributed by atoms with Crippen LogP contribution >= 0.6 is 0 Å². The SMILES string of the molecule is CCCC[C@@H]1CCC2CCCC21. The molecular weight excluding hydrogens is 144 g/mol. The summed E-state index contributed by atoms with van der Waals surface area (Å²) in [6, 6.07) is 0. The van der Waals surface area contributed by atoms with Gasteiger partial charge < -0.3 is 0 Å². The molecule has 0 nitrogen and oxygen atoms in total. The molecule has 2 aliphatic rings. The molecule has 0 aromatic heterocycles. The van der Waals surface area contributed by atoms with E-state index in [4.69, 9.17) is 0 Å². The van der Waals surface area contributed by atoms with Crippen molar-refractivity contribution in [2.24, 2.45) is 17.8 Å². The summed E-state index contributed by atoms with van der Waals surface area (Å²) in [7, 11) is 0. The van der Waals surface area contributed by atoms with E-state index in [2.05, 4.69) is 6.92 Å². The van der Waals surface area contributed by atoms with Gasteiger partial charge in [-0.05, 0) is 37.0 Å². The topological polar surface area (TPSA) is 0 Å². The number of hydrogen-bond acceptors (Lipinski definition) is 0. The zero-order chi connectivity index (χ0) is 8.39. The quantitative estimate of drug-likeness (QED) is 0.594. The van der Waals surface area contributed by atoms with E-state index in [-0.39, 0.29) is 0 Å². The van der Waals surface area contributed by atoms with Gasteiger partial charge in [0, 0.05) is 0 Å². The minimum Gasteiger partial charge on any atom is -0.0654 e. The Hall–Kier alpha value is 0. The Morgan fingerprint density at radius 1 is 1.08 bits per heavy atom. The van der Waals surface area contributed by atoms with Crippen molar-refractivity contribution in [3.63, 3.8) is 0 Å². The highest BCUT2D eigenvalue weighted by molar-refractivity contribution is 4.88. The van der Waals surface area contributed by atoms with E-state index in [1.165, 1.54) is 25.7 Å². The molecule has 2 unspecified atom stereocenters. The van der Waals surface area contributed by atoms with Crippen LogP contribution in [0, 0.1) is 17.8 Å². The molecule has 0 aromatic rings. The highest BCUT2D eigenvalue weighted by Gasteiger charge is 2.38. The van der Waals surface area contributed by atoms with E-state index >= 15 is 0 Å². The van der Waals surface area contributed by atoms with Crippen molar-refractivity contribution in [1.82, 2.24) is 0 Å². The van der Waals surface area contributed by atoms with Crippen LogP contribution in [-0.4, -0.2) is 0 Å². The predicted molar refractivity (Wildman–Crippen MR) is 53.1 cm³/mol. The summed E-state index contributed by atoms with van der Waals surface area (Å²) in [5, 5.41) is 0. The van der Waals surface area contributed by atoms with Crippen molar-refractivity contribution < 1.29 is 0 Å². The lowest BCUT2D eigenvalue weighted by Gasteiger charge is -2.17. The molecular formula is C12H22. The second-order valence-corrected chi connectivity index (χ2v) is 4.83. The van der Waals surface area contributed by atoms with E-state index in [1.807, 2.05) is 0 Å². The van der Waals surface area contributed by atoms with Gasteiger partial charge in [0.15, 0.2) is 0 Å². The Bertz CT molecular complexity index is 139. The fourth-order valence-electron chi connectivity index (χ4n) is 3.51. The predicted octanol–water partition coefficient (Wildman–Crippen LogP) is 4.00. The monoisotopic (exact) mass is 166 g/mol. The molecule has 3 atom stereocenters. The summed E-state index contributed by atoms with van der Waals surface area (Å²) in [5.74, 6) is 3.46. The van der Waals surface area contributed by atoms with Crippen LogP contribution in [0.2, 0.25) is 0 Å². The van der Waals surface area contributed by atoms with Gasteiger partial charge in [0.1, 0.15) is 0 Å². The Kier molecular flexibility index (Phi) is 2.73. The van der Waals surface area contributed by atoms with E-state index in [1.54, 1.807) is 25.7 Å². The fraction of sp³-hybridized carbons (Fsp3) is 1.00. The van der Waals surface area contributed by atoms with E-state index in [9.17, 15) is 0 Å². The lowest BCUT2D eigenvalue weighted by molar-refractivity contribution is 0.328. The van der Waals surface area contributed by atoms with Crippen molar-refractivity contribution in [1.29, 1.82) is 0 Å². The summed E-state index contributed by atoms with van der Waals surface area (Å²) in [6.45, 7) is 2.32. The van der Waals surface area contributed by atoms with Crippen LogP contribution in [0.15, 0.2) is 0 Å². The molecule has 0 radical (unpaired) electrons. The molecule has 0 heterocycles. The molecule has 2 fully saturated rings. The smallest absolute Gasteiger partial charge is 0.0357 e. The first-order valence-corrected chi connectivity index (χ1v) is 5.92. The van der Waals surface area contributed by atoms with E-state index in [0.29, 0.717) is 0 Å². The Balaban J connectivity index is 1.83. The van der Waals surface area contributed by atoms with Crippen molar-refractivity contribution in [3.8, 4) is 0 Å². The highest BCUT2D eigenvalue weighted by Crippen LogP contribution is 2.49. The van der Waals surface area contributed by atoms with Crippen LogP contribution in [0.1, 0.15) is 58.3 Å². The van der Waals surface area contributed by atoms with Gasteiger partial charge in [-0.25, -0.2) is 0 Å². The summed E-state index contributed by atoms with van der Waals surface area (Å²) in [4.78, 5) is 0. The molecule has 0 heteroatoms. The maximum atomic E-state index is 2.32.